The zero-order valence-electron chi connectivity index (χ0n) is 6.52. The summed E-state index contributed by atoms with van der Waals surface area (Å²) in [5, 5.41) is -0.346. The van der Waals surface area contributed by atoms with Crippen molar-refractivity contribution in [2.24, 2.45) is 0 Å². The molecule has 0 amide bonds. The molecule has 6 heteroatoms. The number of hydrogen-bond donors (Lipinski definition) is 0. The van der Waals surface area contributed by atoms with E-state index in [1.807, 2.05) is 0 Å². The van der Waals surface area contributed by atoms with E-state index >= 15 is 0 Å². The molecule has 0 N–H and O–H groups in total. The van der Waals surface area contributed by atoms with Crippen LogP contribution in [0.2, 0.25) is 5.02 Å². The van der Waals surface area contributed by atoms with E-state index in [4.69, 9.17) is 11.6 Å². The average molecular weight is 212 g/mol. The van der Waals surface area contributed by atoms with Crippen LogP contribution in [0.15, 0.2) is 6.20 Å². The summed E-state index contributed by atoms with van der Waals surface area (Å²) in [4.78, 5) is 3.26. The molecule has 13 heavy (non-hydrogen) atoms. The van der Waals surface area contributed by atoms with Gasteiger partial charge in [-0.2, -0.15) is 0 Å². The van der Waals surface area contributed by atoms with Crippen LogP contribution in [-0.2, 0) is 0 Å². The highest BCUT2D eigenvalue weighted by Crippen LogP contribution is 2.32. The quantitative estimate of drug-likeness (QED) is 0.751. The minimum absolute atomic E-state index is 0.346. The zero-order valence-corrected chi connectivity index (χ0v) is 7.28. The fraction of sp³-hybridized carbons (Fsp3) is 0.286. The van der Waals surface area contributed by atoms with Gasteiger partial charge in [-0.1, -0.05) is 11.6 Å². The first-order valence-electron chi connectivity index (χ1n) is 3.24. The van der Waals surface area contributed by atoms with Crippen LogP contribution in [0.1, 0.15) is 12.1 Å². The van der Waals surface area contributed by atoms with Crippen molar-refractivity contribution in [3.05, 3.63) is 22.7 Å². The number of aromatic nitrogens is 1. The molecule has 2 nitrogen and oxygen atoms in total. The summed E-state index contributed by atoms with van der Waals surface area (Å²) >= 11 is 5.31. The molecule has 0 aliphatic carbocycles. The molecule has 0 atom stereocenters. The Morgan fingerprint density at radius 1 is 1.54 bits per heavy atom. The number of ether oxygens (including phenoxy) is 1. The Kier molecular flexibility index (Phi) is 2.98. The third-order valence-corrected chi connectivity index (χ3v) is 1.63. The lowest BCUT2D eigenvalue weighted by Gasteiger charge is -2.07. The lowest BCUT2D eigenvalue weighted by Crippen LogP contribution is -1.99. The molecule has 0 radical (unpaired) electrons. The summed E-state index contributed by atoms with van der Waals surface area (Å²) in [7, 11) is 1.07. The highest BCUT2D eigenvalue weighted by Gasteiger charge is 2.21. The molecule has 0 spiro atoms. The van der Waals surface area contributed by atoms with Crippen molar-refractivity contribution >= 4 is 11.6 Å². The van der Waals surface area contributed by atoms with E-state index in [0.717, 1.165) is 13.3 Å². The van der Waals surface area contributed by atoms with Crippen molar-refractivity contribution in [1.82, 2.24) is 4.98 Å². The number of pyridine rings is 1. The van der Waals surface area contributed by atoms with Gasteiger partial charge in [0.2, 0.25) is 0 Å². The maximum absolute atomic E-state index is 13.0. The summed E-state index contributed by atoms with van der Waals surface area (Å²) in [6.45, 7) is 0. The van der Waals surface area contributed by atoms with Gasteiger partial charge >= 0.3 is 0 Å². The first kappa shape index (κ1) is 10.1. The monoisotopic (exact) mass is 211 g/mol. The van der Waals surface area contributed by atoms with Gasteiger partial charge in [-0.3, -0.25) is 0 Å². The molecule has 1 aromatic heterocycles. The highest BCUT2D eigenvalue weighted by molar-refractivity contribution is 6.30. The Morgan fingerprint density at radius 3 is 2.62 bits per heavy atom. The number of methoxy groups -OCH3 is 1. The highest BCUT2D eigenvalue weighted by atomic mass is 35.5. The van der Waals surface area contributed by atoms with Crippen molar-refractivity contribution < 1.29 is 17.9 Å². The Morgan fingerprint density at radius 2 is 2.15 bits per heavy atom. The Balaban J connectivity index is 3.30. The summed E-state index contributed by atoms with van der Waals surface area (Å²) in [5.74, 6) is -1.63. The molecule has 0 aromatic carbocycles. The van der Waals surface area contributed by atoms with Crippen molar-refractivity contribution in [2.75, 3.05) is 7.11 Å². The molecule has 1 heterocycles. The Bertz CT molecular complexity index is 319. The second kappa shape index (κ2) is 3.83. The topological polar surface area (TPSA) is 22.1 Å². The van der Waals surface area contributed by atoms with Crippen LogP contribution in [0.3, 0.4) is 0 Å². The minimum Gasteiger partial charge on any atom is -0.492 e. The maximum atomic E-state index is 13.0. The van der Waals surface area contributed by atoms with Gasteiger partial charge in [0.05, 0.1) is 12.1 Å². The standard InChI is InChI=1S/C7H5ClF3NO/c1-13-6-4(9)3(8)2-12-5(6)7(10)11/h2,7H,1H3. The van der Waals surface area contributed by atoms with E-state index in [2.05, 4.69) is 9.72 Å². The summed E-state index contributed by atoms with van der Waals surface area (Å²) in [6.07, 6.45) is -2.07. The molecule has 72 valence electrons. The molecular weight excluding hydrogens is 207 g/mol. The van der Waals surface area contributed by atoms with Crippen molar-refractivity contribution in [3.8, 4) is 5.75 Å². The minimum atomic E-state index is -2.89. The van der Waals surface area contributed by atoms with Crippen LogP contribution in [0.4, 0.5) is 13.2 Å². The second-order valence-electron chi connectivity index (χ2n) is 2.14. The molecule has 0 saturated carbocycles. The lowest BCUT2D eigenvalue weighted by molar-refractivity contribution is 0.140. The van der Waals surface area contributed by atoms with Crippen LogP contribution < -0.4 is 4.74 Å². The predicted molar refractivity (Wildman–Crippen MR) is 40.7 cm³/mol. The van der Waals surface area contributed by atoms with E-state index < -0.39 is 23.7 Å². The third-order valence-electron chi connectivity index (χ3n) is 1.37. The summed E-state index contributed by atoms with van der Waals surface area (Å²) < 4.78 is 41.8. The molecule has 0 aliphatic rings. The lowest BCUT2D eigenvalue weighted by atomic mass is 10.3. The fourth-order valence-corrected chi connectivity index (χ4v) is 0.947. The van der Waals surface area contributed by atoms with Gasteiger partial charge in [0.15, 0.2) is 17.3 Å². The van der Waals surface area contributed by atoms with Gasteiger partial charge < -0.3 is 4.74 Å². The van der Waals surface area contributed by atoms with E-state index in [0.29, 0.717) is 0 Å². The summed E-state index contributed by atoms with van der Waals surface area (Å²) in [6, 6.07) is 0. The molecule has 1 aromatic rings. The Hall–Kier alpha value is -0.970. The predicted octanol–water partition coefficient (Wildman–Crippen LogP) is 2.82. The molecule has 0 bridgehead atoms. The number of rotatable bonds is 2. The number of nitrogens with zero attached hydrogens (tertiary/aromatic N) is 1. The van der Waals surface area contributed by atoms with E-state index in [1.165, 1.54) is 0 Å². The number of alkyl halides is 2. The van der Waals surface area contributed by atoms with Crippen molar-refractivity contribution in [1.29, 1.82) is 0 Å². The van der Waals surface area contributed by atoms with E-state index in [1.54, 1.807) is 0 Å². The molecule has 1 rings (SSSR count). The van der Waals surface area contributed by atoms with Gasteiger partial charge in [0.25, 0.3) is 6.43 Å². The van der Waals surface area contributed by atoms with Gasteiger partial charge in [-0.25, -0.2) is 18.2 Å². The smallest absolute Gasteiger partial charge is 0.284 e. The molecule has 0 saturated heterocycles. The second-order valence-corrected chi connectivity index (χ2v) is 2.55. The van der Waals surface area contributed by atoms with Crippen LogP contribution in [0.5, 0.6) is 5.75 Å². The third kappa shape index (κ3) is 1.85. The normalized spacial score (nSPS) is 10.6. The Labute approximate surface area is 77.3 Å². The first-order valence-corrected chi connectivity index (χ1v) is 3.61. The van der Waals surface area contributed by atoms with E-state index in [-0.39, 0.29) is 5.02 Å². The molecule has 0 unspecified atom stereocenters. The van der Waals surface area contributed by atoms with Crippen molar-refractivity contribution in [3.63, 3.8) is 0 Å². The van der Waals surface area contributed by atoms with E-state index in [9.17, 15) is 13.2 Å². The van der Waals surface area contributed by atoms with Gasteiger partial charge in [-0.05, 0) is 0 Å². The van der Waals surface area contributed by atoms with Crippen molar-refractivity contribution in [2.45, 2.75) is 6.43 Å². The van der Waals surface area contributed by atoms with Crippen LogP contribution >= 0.6 is 11.6 Å². The molecular formula is C7H5ClF3NO. The number of hydrogen-bond acceptors (Lipinski definition) is 2. The number of halogens is 4. The van der Waals surface area contributed by atoms with Gasteiger partial charge in [-0.15, -0.1) is 0 Å². The largest absolute Gasteiger partial charge is 0.492 e. The maximum Gasteiger partial charge on any atom is 0.284 e. The fourth-order valence-electron chi connectivity index (χ4n) is 0.812. The van der Waals surface area contributed by atoms with Gasteiger partial charge in [0, 0.05) is 6.20 Å². The van der Waals surface area contributed by atoms with Crippen LogP contribution in [0.25, 0.3) is 0 Å². The zero-order chi connectivity index (χ0) is 10.0. The average Bonchev–Trinajstić information content (AvgIpc) is 2.09. The SMILES string of the molecule is COc1c(C(F)F)ncc(Cl)c1F. The van der Waals surface area contributed by atoms with Crippen LogP contribution in [-0.4, -0.2) is 12.1 Å². The molecule has 0 fully saturated rings. The first-order chi connectivity index (χ1) is 6.07. The van der Waals surface area contributed by atoms with Gasteiger partial charge in [0.1, 0.15) is 0 Å². The van der Waals surface area contributed by atoms with Crippen LogP contribution in [0, 0.1) is 5.82 Å². The summed E-state index contributed by atoms with van der Waals surface area (Å²) in [5.41, 5.74) is -0.746. The molecule has 0 aliphatic heterocycles.